The standard InChI is InChI=1S/C14H21N3O3/c1-3-5-12(9-15)14(18)16(2)10-11-6-4-7-13(8-11)17(19)20/h4,6-8,12H,3,5,9-10,15H2,1-2H3. The summed E-state index contributed by atoms with van der Waals surface area (Å²) in [5.41, 5.74) is 6.39. The lowest BCUT2D eigenvalue weighted by Gasteiger charge is -2.22. The van der Waals surface area contributed by atoms with Gasteiger partial charge in [-0.05, 0) is 12.0 Å². The Hall–Kier alpha value is -1.95. The van der Waals surface area contributed by atoms with E-state index in [1.54, 1.807) is 24.1 Å². The van der Waals surface area contributed by atoms with E-state index in [0.717, 1.165) is 18.4 Å². The number of hydrogen-bond acceptors (Lipinski definition) is 4. The van der Waals surface area contributed by atoms with Gasteiger partial charge in [0.1, 0.15) is 0 Å². The largest absolute Gasteiger partial charge is 0.341 e. The van der Waals surface area contributed by atoms with Crippen LogP contribution in [0.5, 0.6) is 0 Å². The van der Waals surface area contributed by atoms with E-state index in [-0.39, 0.29) is 17.5 Å². The predicted octanol–water partition coefficient (Wildman–Crippen LogP) is 1.93. The molecular weight excluding hydrogens is 258 g/mol. The minimum absolute atomic E-state index is 0.0131. The Morgan fingerprint density at radius 1 is 1.50 bits per heavy atom. The number of nitro benzene ring substituents is 1. The Labute approximate surface area is 118 Å². The Morgan fingerprint density at radius 2 is 2.20 bits per heavy atom. The molecule has 0 heterocycles. The van der Waals surface area contributed by atoms with Crippen molar-refractivity contribution in [3.05, 3.63) is 39.9 Å². The lowest BCUT2D eigenvalue weighted by molar-refractivity contribution is -0.384. The van der Waals surface area contributed by atoms with E-state index in [9.17, 15) is 14.9 Å². The molecule has 0 radical (unpaired) electrons. The molecular formula is C14H21N3O3. The zero-order valence-corrected chi connectivity index (χ0v) is 11.9. The Bertz CT molecular complexity index is 476. The Kier molecular flexibility index (Phi) is 6.11. The van der Waals surface area contributed by atoms with Crippen molar-refractivity contribution in [2.45, 2.75) is 26.3 Å². The SMILES string of the molecule is CCCC(CN)C(=O)N(C)Cc1cccc([N+](=O)[O-])c1. The molecule has 6 nitrogen and oxygen atoms in total. The van der Waals surface area contributed by atoms with Crippen LogP contribution in [0, 0.1) is 16.0 Å². The average Bonchev–Trinajstić information content (AvgIpc) is 2.44. The maximum absolute atomic E-state index is 12.2. The first kappa shape index (κ1) is 16.1. The second-order valence-electron chi connectivity index (χ2n) is 4.84. The molecule has 0 spiro atoms. The highest BCUT2D eigenvalue weighted by atomic mass is 16.6. The van der Waals surface area contributed by atoms with Gasteiger partial charge < -0.3 is 10.6 Å². The number of amides is 1. The van der Waals surface area contributed by atoms with Crippen LogP contribution in [0.3, 0.4) is 0 Å². The van der Waals surface area contributed by atoms with Crippen molar-refractivity contribution in [1.29, 1.82) is 0 Å². The van der Waals surface area contributed by atoms with Crippen molar-refractivity contribution in [2.24, 2.45) is 11.7 Å². The van der Waals surface area contributed by atoms with E-state index in [2.05, 4.69) is 0 Å². The molecule has 0 aliphatic heterocycles. The van der Waals surface area contributed by atoms with Gasteiger partial charge in [0.15, 0.2) is 0 Å². The molecule has 1 rings (SSSR count). The van der Waals surface area contributed by atoms with Crippen molar-refractivity contribution in [1.82, 2.24) is 4.90 Å². The predicted molar refractivity (Wildman–Crippen MR) is 77.0 cm³/mol. The van der Waals surface area contributed by atoms with Crippen LogP contribution in [0.25, 0.3) is 0 Å². The summed E-state index contributed by atoms with van der Waals surface area (Å²) in [5, 5.41) is 10.7. The van der Waals surface area contributed by atoms with Crippen molar-refractivity contribution in [2.75, 3.05) is 13.6 Å². The number of benzene rings is 1. The lowest BCUT2D eigenvalue weighted by Crippen LogP contribution is -2.36. The second kappa shape index (κ2) is 7.59. The van der Waals surface area contributed by atoms with Crippen LogP contribution in [0.1, 0.15) is 25.3 Å². The fraction of sp³-hybridized carbons (Fsp3) is 0.500. The number of nitro groups is 1. The van der Waals surface area contributed by atoms with E-state index >= 15 is 0 Å². The fourth-order valence-corrected chi connectivity index (χ4v) is 2.12. The molecule has 1 atom stereocenters. The third-order valence-corrected chi connectivity index (χ3v) is 3.19. The van der Waals surface area contributed by atoms with Gasteiger partial charge in [-0.3, -0.25) is 14.9 Å². The zero-order valence-electron chi connectivity index (χ0n) is 11.9. The average molecular weight is 279 g/mol. The molecule has 0 bridgehead atoms. The molecule has 0 aromatic heterocycles. The highest BCUT2D eigenvalue weighted by molar-refractivity contribution is 5.78. The monoisotopic (exact) mass is 279 g/mol. The molecule has 20 heavy (non-hydrogen) atoms. The zero-order chi connectivity index (χ0) is 15.1. The summed E-state index contributed by atoms with van der Waals surface area (Å²) in [7, 11) is 1.69. The summed E-state index contributed by atoms with van der Waals surface area (Å²) >= 11 is 0. The van der Waals surface area contributed by atoms with E-state index in [0.29, 0.717) is 13.1 Å². The number of rotatable bonds is 7. The van der Waals surface area contributed by atoms with Crippen LogP contribution in [-0.2, 0) is 11.3 Å². The van der Waals surface area contributed by atoms with E-state index in [1.807, 2.05) is 6.92 Å². The van der Waals surface area contributed by atoms with Gasteiger partial charge in [0.2, 0.25) is 5.91 Å². The third kappa shape index (κ3) is 4.31. The van der Waals surface area contributed by atoms with Gasteiger partial charge in [0, 0.05) is 32.3 Å². The molecule has 0 aliphatic rings. The van der Waals surface area contributed by atoms with Gasteiger partial charge in [-0.15, -0.1) is 0 Å². The summed E-state index contributed by atoms with van der Waals surface area (Å²) in [5.74, 6) is -0.190. The highest BCUT2D eigenvalue weighted by Crippen LogP contribution is 2.16. The van der Waals surface area contributed by atoms with Crippen LogP contribution >= 0.6 is 0 Å². The van der Waals surface area contributed by atoms with Crippen molar-refractivity contribution in [3.63, 3.8) is 0 Å². The maximum atomic E-state index is 12.2. The number of nitrogens with two attached hydrogens (primary N) is 1. The molecule has 0 fully saturated rings. The fourth-order valence-electron chi connectivity index (χ4n) is 2.12. The van der Waals surface area contributed by atoms with Gasteiger partial charge in [-0.2, -0.15) is 0 Å². The Balaban J connectivity index is 2.74. The highest BCUT2D eigenvalue weighted by Gasteiger charge is 2.20. The maximum Gasteiger partial charge on any atom is 0.269 e. The molecule has 0 aliphatic carbocycles. The number of non-ortho nitro benzene ring substituents is 1. The van der Waals surface area contributed by atoms with Crippen LogP contribution in [-0.4, -0.2) is 29.3 Å². The number of carbonyl (C=O) groups excluding carboxylic acids is 1. The van der Waals surface area contributed by atoms with Crippen molar-refractivity contribution < 1.29 is 9.72 Å². The van der Waals surface area contributed by atoms with Crippen LogP contribution < -0.4 is 5.73 Å². The van der Waals surface area contributed by atoms with Gasteiger partial charge >= 0.3 is 0 Å². The van der Waals surface area contributed by atoms with Crippen LogP contribution in [0.2, 0.25) is 0 Å². The van der Waals surface area contributed by atoms with E-state index < -0.39 is 4.92 Å². The first-order valence-corrected chi connectivity index (χ1v) is 6.68. The van der Waals surface area contributed by atoms with Gasteiger partial charge in [-0.25, -0.2) is 0 Å². The number of nitrogens with zero attached hydrogens (tertiary/aromatic N) is 2. The minimum atomic E-state index is -0.439. The second-order valence-corrected chi connectivity index (χ2v) is 4.84. The van der Waals surface area contributed by atoms with Gasteiger partial charge in [0.05, 0.1) is 10.8 Å². The Morgan fingerprint density at radius 3 is 2.75 bits per heavy atom. The van der Waals surface area contributed by atoms with E-state index in [1.165, 1.54) is 12.1 Å². The van der Waals surface area contributed by atoms with Gasteiger partial charge in [0.25, 0.3) is 5.69 Å². The summed E-state index contributed by atoms with van der Waals surface area (Å²) in [6.45, 7) is 2.68. The van der Waals surface area contributed by atoms with E-state index in [4.69, 9.17) is 5.73 Å². The molecule has 1 aromatic rings. The topological polar surface area (TPSA) is 89.5 Å². The number of hydrogen-bond donors (Lipinski definition) is 1. The lowest BCUT2D eigenvalue weighted by atomic mass is 10.0. The summed E-state index contributed by atoms with van der Waals surface area (Å²) in [6.07, 6.45) is 1.66. The van der Waals surface area contributed by atoms with Crippen molar-refractivity contribution in [3.8, 4) is 0 Å². The van der Waals surface area contributed by atoms with Crippen LogP contribution in [0.15, 0.2) is 24.3 Å². The summed E-state index contributed by atoms with van der Waals surface area (Å²) in [6, 6.07) is 6.32. The molecule has 1 aromatic carbocycles. The smallest absolute Gasteiger partial charge is 0.269 e. The first-order chi connectivity index (χ1) is 9.49. The molecule has 0 saturated heterocycles. The van der Waals surface area contributed by atoms with Crippen LogP contribution in [0.4, 0.5) is 5.69 Å². The number of carbonyl (C=O) groups is 1. The third-order valence-electron chi connectivity index (χ3n) is 3.19. The molecule has 1 amide bonds. The quantitative estimate of drug-likeness (QED) is 0.610. The first-order valence-electron chi connectivity index (χ1n) is 6.68. The molecule has 6 heteroatoms. The minimum Gasteiger partial charge on any atom is -0.341 e. The van der Waals surface area contributed by atoms with Gasteiger partial charge in [-0.1, -0.05) is 25.5 Å². The summed E-state index contributed by atoms with van der Waals surface area (Å²) < 4.78 is 0. The molecule has 1 unspecified atom stereocenters. The van der Waals surface area contributed by atoms with Crippen molar-refractivity contribution >= 4 is 11.6 Å². The molecule has 0 saturated carbocycles. The summed E-state index contributed by atoms with van der Waals surface area (Å²) in [4.78, 5) is 24.1. The normalized spacial score (nSPS) is 11.9. The molecule has 2 N–H and O–H groups in total. The molecule has 110 valence electrons.